The van der Waals surface area contributed by atoms with Crippen molar-refractivity contribution in [2.75, 3.05) is 6.54 Å². The monoisotopic (exact) mass is 245 g/mol. The van der Waals surface area contributed by atoms with Gasteiger partial charge < -0.3 is 0 Å². The number of aliphatic imine (C=N–C) groups is 1. The minimum Gasteiger partial charge on any atom is -0.287 e. The van der Waals surface area contributed by atoms with Gasteiger partial charge in [-0.1, -0.05) is 23.7 Å². The van der Waals surface area contributed by atoms with E-state index in [9.17, 15) is 4.79 Å². The highest BCUT2D eigenvalue weighted by atomic mass is 32.1. The van der Waals surface area contributed by atoms with E-state index in [1.165, 1.54) is 11.5 Å². The van der Waals surface area contributed by atoms with Gasteiger partial charge in [0.2, 0.25) is 0 Å². The third kappa shape index (κ3) is 1.94. The predicted molar refractivity (Wildman–Crippen MR) is 71.7 cm³/mol. The molecule has 1 unspecified atom stereocenters. The minimum absolute atomic E-state index is 0.00730. The lowest BCUT2D eigenvalue weighted by Crippen LogP contribution is -2.20. The van der Waals surface area contributed by atoms with Crippen LogP contribution < -0.4 is 10.9 Å². The Kier molecular flexibility index (Phi) is 2.62. The molecule has 5 heteroatoms. The molecule has 0 saturated heterocycles. The molecule has 0 fully saturated rings. The summed E-state index contributed by atoms with van der Waals surface area (Å²) in [6, 6.07) is 7.63. The Hall–Kier alpha value is -1.72. The van der Waals surface area contributed by atoms with Gasteiger partial charge in [-0.3, -0.25) is 15.1 Å². The van der Waals surface area contributed by atoms with Crippen LogP contribution in [0.4, 0.5) is 0 Å². The predicted octanol–water partition coefficient (Wildman–Crippen LogP) is 1.53. The van der Waals surface area contributed by atoms with Crippen molar-refractivity contribution in [2.24, 2.45) is 4.99 Å². The number of benzene rings is 1. The van der Waals surface area contributed by atoms with Gasteiger partial charge in [0, 0.05) is 19.0 Å². The van der Waals surface area contributed by atoms with Crippen molar-refractivity contribution in [1.82, 2.24) is 9.27 Å². The van der Waals surface area contributed by atoms with Crippen LogP contribution in [0.25, 0.3) is 16.3 Å². The summed E-state index contributed by atoms with van der Waals surface area (Å²) in [6.45, 7) is 0.788. The lowest BCUT2D eigenvalue weighted by molar-refractivity contribution is 0.720. The molecule has 1 N–H and O–H groups in total. The Labute approximate surface area is 102 Å². The summed E-state index contributed by atoms with van der Waals surface area (Å²) < 4.78 is 2.64. The van der Waals surface area contributed by atoms with E-state index in [2.05, 4.69) is 10.3 Å². The van der Waals surface area contributed by atoms with E-state index >= 15 is 0 Å². The van der Waals surface area contributed by atoms with Crippen molar-refractivity contribution >= 4 is 34.0 Å². The number of rotatable bonds is 2. The average Bonchev–Trinajstić information content (AvgIpc) is 2.96. The van der Waals surface area contributed by atoms with E-state index in [0.717, 1.165) is 16.6 Å². The van der Waals surface area contributed by atoms with Crippen LogP contribution in [0.2, 0.25) is 0 Å². The molecule has 2 heterocycles. The second-order valence-electron chi connectivity index (χ2n) is 3.74. The summed E-state index contributed by atoms with van der Waals surface area (Å²) in [6.07, 6.45) is 5.50. The van der Waals surface area contributed by atoms with Crippen LogP contribution in [-0.2, 0) is 0 Å². The van der Waals surface area contributed by atoms with Gasteiger partial charge in [-0.25, -0.2) is 3.96 Å². The van der Waals surface area contributed by atoms with Crippen LogP contribution in [0.3, 0.4) is 0 Å². The number of hydrogen-bond acceptors (Lipinski definition) is 4. The molecule has 4 nitrogen and oxygen atoms in total. The Morgan fingerprint density at radius 1 is 1.47 bits per heavy atom. The van der Waals surface area contributed by atoms with Crippen molar-refractivity contribution in [3.8, 4) is 0 Å². The first-order valence-electron chi connectivity index (χ1n) is 5.38. The maximum Gasteiger partial charge on any atom is 0.272 e. The molecule has 0 aliphatic carbocycles. The number of fused-ring (bicyclic) bond motifs is 1. The van der Waals surface area contributed by atoms with Crippen molar-refractivity contribution in [3.63, 3.8) is 0 Å². The van der Waals surface area contributed by atoms with E-state index in [-0.39, 0.29) is 11.7 Å². The molecule has 0 bridgehead atoms. The van der Waals surface area contributed by atoms with Crippen LogP contribution in [0.15, 0.2) is 40.1 Å². The van der Waals surface area contributed by atoms with Gasteiger partial charge in [0.1, 0.15) is 6.17 Å². The van der Waals surface area contributed by atoms with Gasteiger partial charge in [0.25, 0.3) is 5.56 Å². The maximum absolute atomic E-state index is 12.0. The fourth-order valence-electron chi connectivity index (χ4n) is 1.76. The molecule has 86 valence electrons. The van der Waals surface area contributed by atoms with Crippen molar-refractivity contribution < 1.29 is 0 Å². The molecule has 1 atom stereocenters. The Morgan fingerprint density at radius 2 is 2.35 bits per heavy atom. The van der Waals surface area contributed by atoms with Gasteiger partial charge >= 0.3 is 0 Å². The second-order valence-corrected chi connectivity index (χ2v) is 4.76. The zero-order chi connectivity index (χ0) is 11.7. The third-order valence-corrected chi connectivity index (χ3v) is 3.64. The number of nitrogens with one attached hydrogen (secondary N) is 1. The summed E-state index contributed by atoms with van der Waals surface area (Å²) in [5, 5.41) is 3.93. The number of hydrogen-bond donors (Lipinski definition) is 1. The maximum atomic E-state index is 12.0. The zero-order valence-corrected chi connectivity index (χ0v) is 9.85. The number of nitrogens with zero attached hydrogens (tertiary/aromatic N) is 2. The molecule has 1 aromatic heterocycles. The molecule has 0 amide bonds. The van der Waals surface area contributed by atoms with Crippen LogP contribution in [0.5, 0.6) is 0 Å². The fourth-order valence-corrected chi connectivity index (χ4v) is 2.67. The minimum atomic E-state index is -0.00730. The van der Waals surface area contributed by atoms with E-state index < -0.39 is 0 Å². The van der Waals surface area contributed by atoms with Crippen molar-refractivity contribution in [1.29, 1.82) is 0 Å². The standard InChI is InChI=1S/C12H11N3OS/c16-12-9-3-1-2-4-10(9)17-15(12)8-5-11-13-6-7-14-11/h1-6,8,11,14H,7H2/b8-5+. The molecule has 1 aliphatic heterocycles. The molecule has 3 rings (SSSR count). The highest BCUT2D eigenvalue weighted by molar-refractivity contribution is 7.14. The highest BCUT2D eigenvalue weighted by Crippen LogP contribution is 2.16. The van der Waals surface area contributed by atoms with Crippen LogP contribution in [0.1, 0.15) is 0 Å². The number of aromatic nitrogens is 1. The van der Waals surface area contributed by atoms with E-state index in [1.807, 2.05) is 36.6 Å². The van der Waals surface area contributed by atoms with Gasteiger partial charge in [-0.15, -0.1) is 0 Å². The van der Waals surface area contributed by atoms with Crippen molar-refractivity contribution in [2.45, 2.75) is 6.17 Å². The van der Waals surface area contributed by atoms with Crippen LogP contribution >= 0.6 is 11.5 Å². The van der Waals surface area contributed by atoms with Gasteiger partial charge in [-0.05, 0) is 18.2 Å². The Morgan fingerprint density at radius 3 is 3.12 bits per heavy atom. The summed E-state index contributed by atoms with van der Waals surface area (Å²) in [5.41, 5.74) is 0.0313. The van der Waals surface area contributed by atoms with E-state index in [0.29, 0.717) is 0 Å². The van der Waals surface area contributed by atoms with Gasteiger partial charge in [-0.2, -0.15) is 0 Å². The molecule has 0 saturated carbocycles. The molecule has 17 heavy (non-hydrogen) atoms. The highest BCUT2D eigenvalue weighted by Gasteiger charge is 2.06. The molecule has 0 spiro atoms. The smallest absolute Gasteiger partial charge is 0.272 e. The molecular weight excluding hydrogens is 234 g/mol. The van der Waals surface area contributed by atoms with E-state index in [4.69, 9.17) is 0 Å². The molecule has 1 aliphatic rings. The first-order valence-corrected chi connectivity index (χ1v) is 6.16. The average molecular weight is 245 g/mol. The molecule has 0 radical (unpaired) electrons. The van der Waals surface area contributed by atoms with Gasteiger partial charge in [0.15, 0.2) is 0 Å². The lowest BCUT2D eigenvalue weighted by Gasteiger charge is -1.99. The largest absolute Gasteiger partial charge is 0.287 e. The SMILES string of the molecule is O=c1c2ccccc2sn1/C=C/C1N=CCN1. The Balaban J connectivity index is 1.97. The molecule has 1 aromatic carbocycles. The summed E-state index contributed by atoms with van der Waals surface area (Å²) in [7, 11) is 0. The van der Waals surface area contributed by atoms with E-state index in [1.54, 1.807) is 10.2 Å². The molecular formula is C12H11N3OS. The summed E-state index contributed by atoms with van der Waals surface area (Å²) in [5.74, 6) is 0. The molecule has 2 aromatic rings. The normalized spacial score (nSPS) is 19.6. The summed E-state index contributed by atoms with van der Waals surface area (Å²) >= 11 is 1.44. The van der Waals surface area contributed by atoms with Crippen LogP contribution in [-0.4, -0.2) is 22.9 Å². The fraction of sp³-hybridized carbons (Fsp3) is 0.167. The zero-order valence-electron chi connectivity index (χ0n) is 9.04. The quantitative estimate of drug-likeness (QED) is 0.872. The second kappa shape index (κ2) is 4.27. The lowest BCUT2D eigenvalue weighted by atomic mass is 10.3. The Bertz CT molecular complexity index is 653. The topological polar surface area (TPSA) is 46.4 Å². The van der Waals surface area contributed by atoms with Gasteiger partial charge in [0.05, 0.1) is 10.1 Å². The summed E-state index contributed by atoms with van der Waals surface area (Å²) in [4.78, 5) is 16.2. The first-order chi connectivity index (χ1) is 8.34. The third-order valence-electron chi connectivity index (χ3n) is 2.60. The first kappa shape index (κ1) is 10.4. The van der Waals surface area contributed by atoms with Crippen molar-refractivity contribution in [3.05, 3.63) is 40.7 Å². The van der Waals surface area contributed by atoms with Crippen LogP contribution in [0, 0.1) is 0 Å².